The van der Waals surface area contributed by atoms with Crippen molar-refractivity contribution in [3.05, 3.63) is 620 Å². The molecule has 0 radical (unpaired) electrons. The van der Waals surface area contributed by atoms with E-state index in [0.717, 1.165) is 39.8 Å². The van der Waals surface area contributed by atoms with Crippen LogP contribution in [0.3, 0.4) is 0 Å². The number of hydrogen-bond donors (Lipinski definition) is 0. The first-order valence-corrected chi connectivity index (χ1v) is 48.9. The molecule has 0 spiro atoms. The van der Waals surface area contributed by atoms with E-state index in [1.54, 1.807) is 0 Å². The summed E-state index contributed by atoms with van der Waals surface area (Å²) < 4.78 is 0. The molecule has 3 heteroatoms. The molecule has 3 nitrogen and oxygen atoms in total. The van der Waals surface area contributed by atoms with Crippen LogP contribution in [0.15, 0.2) is 570 Å². The van der Waals surface area contributed by atoms with Gasteiger partial charge in [0, 0.05) is 56.1 Å². The lowest BCUT2D eigenvalue weighted by atomic mass is 9.72. The minimum atomic E-state index is -0.330. The predicted molar refractivity (Wildman–Crippen MR) is 594 cm³/mol. The molecule has 0 aromatic heterocycles. The first-order chi connectivity index (χ1) is 69.6. The summed E-state index contributed by atoms with van der Waals surface area (Å²) in [5.41, 5.74) is 46.1. The number of rotatable bonds is 19. The molecule has 0 N–H and O–H groups in total. The SMILES string of the molecule is CC1(c2ccccc2)c2ccccc2-c2cccc(-c3ccc(N(c4ccc(-c5ccccc5)cc4)c4cccc(-c5ccccc5)c4)cc3)c21.CC1(c2ccccc2)c2ccccc2-c2cccc(N(c3ccc(-c4ccccc4)cc3)c3ccc(-c4ccccc4)cc3)c21.CC1(c2ccccc2)c2ccccc2-c2cccc(N(c3ccc(-c4ccccc4)cc3)c3cccc(-c4ccccc4)c3)c21. The van der Waals surface area contributed by atoms with Crippen LogP contribution in [0.4, 0.5) is 51.2 Å². The molecular weight excluding hydrogens is 1700 g/mol. The van der Waals surface area contributed by atoms with E-state index in [9.17, 15) is 0 Å². The summed E-state index contributed by atoms with van der Waals surface area (Å²) in [5, 5.41) is 0. The lowest BCUT2D eigenvalue weighted by Gasteiger charge is -2.35. The van der Waals surface area contributed by atoms with Crippen molar-refractivity contribution in [2.45, 2.75) is 37.0 Å². The molecule has 0 fully saturated rings. The smallest absolute Gasteiger partial charge is 0.0512 e. The summed E-state index contributed by atoms with van der Waals surface area (Å²) in [6.07, 6.45) is 0. The van der Waals surface area contributed by atoms with Gasteiger partial charge in [-0.2, -0.15) is 0 Å². The molecule has 141 heavy (non-hydrogen) atoms. The number of nitrogens with zero attached hydrogens (tertiary/aromatic N) is 3. The largest absolute Gasteiger partial charge is 0.310 e. The van der Waals surface area contributed by atoms with Gasteiger partial charge in [0.2, 0.25) is 0 Å². The van der Waals surface area contributed by atoms with E-state index in [2.05, 4.69) is 606 Å². The lowest BCUT2D eigenvalue weighted by molar-refractivity contribution is 0.714. The van der Waals surface area contributed by atoms with Crippen molar-refractivity contribution in [3.63, 3.8) is 0 Å². The molecule has 3 aliphatic carbocycles. The summed E-state index contributed by atoms with van der Waals surface area (Å²) in [7, 11) is 0. The maximum atomic E-state index is 2.45. The Morgan fingerprint density at radius 1 is 0.128 bits per heavy atom. The van der Waals surface area contributed by atoms with Crippen LogP contribution in [-0.4, -0.2) is 0 Å². The van der Waals surface area contributed by atoms with Gasteiger partial charge in [0.15, 0.2) is 0 Å². The van der Waals surface area contributed by atoms with Crippen LogP contribution in [0.1, 0.15) is 70.8 Å². The topological polar surface area (TPSA) is 9.72 Å². The van der Waals surface area contributed by atoms with Crippen LogP contribution in [0, 0.1) is 0 Å². The van der Waals surface area contributed by atoms with Gasteiger partial charge in [-0.25, -0.2) is 0 Å². The highest BCUT2D eigenvalue weighted by Gasteiger charge is 2.47. The highest BCUT2D eigenvalue weighted by molar-refractivity contribution is 5.97. The summed E-state index contributed by atoms with van der Waals surface area (Å²) in [6.45, 7) is 7.19. The van der Waals surface area contributed by atoms with Gasteiger partial charge < -0.3 is 14.7 Å². The zero-order chi connectivity index (χ0) is 94.6. The van der Waals surface area contributed by atoms with E-state index in [4.69, 9.17) is 0 Å². The monoisotopic (exact) mass is 1800 g/mol. The summed E-state index contributed by atoms with van der Waals surface area (Å²) >= 11 is 0. The van der Waals surface area contributed by atoms with Crippen molar-refractivity contribution >= 4 is 51.2 Å². The van der Waals surface area contributed by atoms with Gasteiger partial charge in [-0.3, -0.25) is 0 Å². The van der Waals surface area contributed by atoms with Gasteiger partial charge in [0.05, 0.1) is 11.4 Å². The predicted octanol–water partition coefficient (Wildman–Crippen LogP) is 37.1. The number of hydrogen-bond acceptors (Lipinski definition) is 3. The van der Waals surface area contributed by atoms with Gasteiger partial charge in [-0.05, 0) is 279 Å². The molecule has 0 heterocycles. The van der Waals surface area contributed by atoms with Crippen LogP contribution in [0.5, 0.6) is 0 Å². The van der Waals surface area contributed by atoms with E-state index < -0.39 is 0 Å². The molecule has 25 rings (SSSR count). The van der Waals surface area contributed by atoms with Gasteiger partial charge >= 0.3 is 0 Å². The van der Waals surface area contributed by atoms with Gasteiger partial charge in [0.1, 0.15) is 0 Å². The quantitative estimate of drug-likeness (QED) is 0.0799. The lowest BCUT2D eigenvalue weighted by Crippen LogP contribution is -2.25. The third-order valence-electron chi connectivity index (χ3n) is 29.2. The Kier molecular flexibility index (Phi) is 23.6. The van der Waals surface area contributed by atoms with Gasteiger partial charge in [-0.1, -0.05) is 473 Å². The average molecular weight is 1800 g/mol. The molecule has 0 amide bonds. The molecular formula is C138H103N3. The maximum Gasteiger partial charge on any atom is 0.0512 e. The number of fused-ring (bicyclic) bond motifs is 9. The van der Waals surface area contributed by atoms with E-state index >= 15 is 0 Å². The fourth-order valence-corrected chi connectivity index (χ4v) is 22.3. The highest BCUT2D eigenvalue weighted by Crippen LogP contribution is 2.61. The second kappa shape index (κ2) is 38.1. The van der Waals surface area contributed by atoms with Crippen LogP contribution in [-0.2, 0) is 16.2 Å². The van der Waals surface area contributed by atoms with Crippen LogP contribution in [0.2, 0.25) is 0 Å². The molecule has 0 saturated heterocycles. The standard InChI is InChI=1S/C50H37N.2C44H33N/c1-50(41-20-9-4-10-21-41)48-26-12-11-23-46(48)47-25-14-24-45(49(47)50)39-29-33-43(34-30-39)51(42-31-27-38(28-32-42)36-15-5-2-6-16-36)44-22-13-19-40(35-44)37-17-7-3-8-18-37;1-44(36-20-9-4-10-21-36)41-25-12-11-23-39(41)40-24-14-26-42(43(40)44)45(37-29-27-34(28-30-37)32-15-5-2-6-16-32)38-22-13-19-35(31-38)33-17-7-3-8-18-33;1-44(36-18-9-4-10-19-36)41-22-12-11-20-39(41)40-21-13-23-42(43(40)44)45(37-28-24-34(25-29-37)32-14-5-2-6-15-32)38-30-26-35(27-31-38)33-16-7-3-8-17-33/h2-35H,1H3;2*2-31H,1H3. The van der Waals surface area contributed by atoms with Crippen molar-refractivity contribution < 1.29 is 0 Å². The van der Waals surface area contributed by atoms with E-state index in [1.165, 1.54) is 173 Å². The second-order valence-corrected chi connectivity index (χ2v) is 37.3. The van der Waals surface area contributed by atoms with Crippen LogP contribution < -0.4 is 14.7 Å². The van der Waals surface area contributed by atoms with E-state index in [-0.39, 0.29) is 16.2 Å². The van der Waals surface area contributed by atoms with E-state index in [1.807, 2.05) is 0 Å². The Morgan fingerprint density at radius 2 is 0.326 bits per heavy atom. The molecule has 0 bridgehead atoms. The zero-order valence-electron chi connectivity index (χ0n) is 79.1. The van der Waals surface area contributed by atoms with Crippen molar-refractivity contribution in [1.82, 2.24) is 0 Å². The Bertz CT molecular complexity index is 8090. The molecule has 22 aromatic carbocycles. The Hall–Kier alpha value is -17.8. The molecule has 3 atom stereocenters. The third-order valence-corrected chi connectivity index (χ3v) is 29.2. The first kappa shape index (κ1) is 87.3. The van der Waals surface area contributed by atoms with Crippen LogP contribution in [0.25, 0.3) is 111 Å². The molecule has 3 aliphatic rings. The fourth-order valence-electron chi connectivity index (χ4n) is 22.3. The molecule has 670 valence electrons. The van der Waals surface area contributed by atoms with Crippen molar-refractivity contribution in [2.75, 3.05) is 14.7 Å². The van der Waals surface area contributed by atoms with Gasteiger partial charge in [-0.15, -0.1) is 0 Å². The molecule has 3 unspecified atom stereocenters. The Labute approximate surface area is 828 Å². The van der Waals surface area contributed by atoms with E-state index in [0.29, 0.717) is 0 Å². The van der Waals surface area contributed by atoms with Crippen LogP contribution >= 0.6 is 0 Å². The second-order valence-electron chi connectivity index (χ2n) is 37.3. The Balaban J connectivity index is 0.000000118. The third kappa shape index (κ3) is 16.3. The number of anilines is 9. The molecule has 22 aromatic rings. The Morgan fingerprint density at radius 3 is 0.638 bits per heavy atom. The molecule has 0 saturated carbocycles. The van der Waals surface area contributed by atoms with Crippen molar-refractivity contribution in [2.24, 2.45) is 0 Å². The zero-order valence-corrected chi connectivity index (χ0v) is 79.1. The summed E-state index contributed by atoms with van der Waals surface area (Å²) in [4.78, 5) is 7.26. The maximum absolute atomic E-state index is 2.45. The number of benzene rings is 22. The fraction of sp³-hybridized carbons (Fsp3) is 0.0435. The average Bonchev–Trinajstić information content (AvgIpc) is 1.56. The van der Waals surface area contributed by atoms with Crippen molar-refractivity contribution in [3.8, 4) is 111 Å². The minimum Gasteiger partial charge on any atom is -0.310 e. The normalized spacial score (nSPS) is 14.7. The highest BCUT2D eigenvalue weighted by atomic mass is 15.2. The molecule has 0 aliphatic heterocycles. The first-order valence-electron chi connectivity index (χ1n) is 48.9. The van der Waals surface area contributed by atoms with Gasteiger partial charge in [0.25, 0.3) is 0 Å². The minimum absolute atomic E-state index is 0.271. The van der Waals surface area contributed by atoms with Crippen molar-refractivity contribution in [1.29, 1.82) is 0 Å². The summed E-state index contributed by atoms with van der Waals surface area (Å²) in [6, 6.07) is 207. The summed E-state index contributed by atoms with van der Waals surface area (Å²) in [5.74, 6) is 0.